The Morgan fingerprint density at radius 3 is 2.61 bits per heavy atom. The van der Waals surface area contributed by atoms with Gasteiger partial charge in [-0.2, -0.15) is 0 Å². The first kappa shape index (κ1) is 12.4. The lowest BCUT2D eigenvalue weighted by atomic mass is 10.1. The van der Waals surface area contributed by atoms with Crippen LogP contribution in [0.2, 0.25) is 0 Å². The molecule has 1 aromatic heterocycles. The molecule has 0 spiro atoms. The van der Waals surface area contributed by atoms with E-state index >= 15 is 0 Å². The van der Waals surface area contributed by atoms with E-state index in [9.17, 15) is 9.59 Å². The van der Waals surface area contributed by atoms with Crippen LogP contribution < -0.4 is 5.56 Å². The summed E-state index contributed by atoms with van der Waals surface area (Å²) in [6.45, 7) is 4.62. The number of aromatic nitrogens is 1. The van der Waals surface area contributed by atoms with Gasteiger partial charge in [-0.1, -0.05) is 32.0 Å². The van der Waals surface area contributed by atoms with Crippen molar-refractivity contribution in [2.24, 2.45) is 5.92 Å². The van der Waals surface area contributed by atoms with Gasteiger partial charge in [0.25, 0.3) is 5.56 Å². The summed E-state index contributed by atoms with van der Waals surface area (Å²) in [6, 6.07) is 8.30. The maximum atomic E-state index is 12.0. The van der Waals surface area contributed by atoms with Gasteiger partial charge in [0.15, 0.2) is 0 Å². The molecule has 1 N–H and O–H groups in total. The monoisotopic (exact) mass is 245 g/mol. The number of benzene rings is 1. The summed E-state index contributed by atoms with van der Waals surface area (Å²) in [5.41, 5.74) is 0.478. The van der Waals surface area contributed by atoms with Crippen LogP contribution in [-0.2, 0) is 6.54 Å². The van der Waals surface area contributed by atoms with E-state index in [4.69, 9.17) is 5.11 Å². The molecule has 4 heteroatoms. The second-order valence-corrected chi connectivity index (χ2v) is 4.72. The first-order valence-electron chi connectivity index (χ1n) is 5.86. The summed E-state index contributed by atoms with van der Waals surface area (Å²) in [6.07, 6.45) is 0. The van der Waals surface area contributed by atoms with E-state index in [0.29, 0.717) is 23.4 Å². The second kappa shape index (κ2) is 4.64. The van der Waals surface area contributed by atoms with Crippen LogP contribution in [0.3, 0.4) is 0 Å². The Balaban J connectivity index is 2.81. The predicted octanol–water partition coefficient (Wildman–Crippen LogP) is 2.36. The molecule has 2 aromatic rings. The number of aromatic carboxylic acids is 1. The number of fused-ring (bicyclic) bond motifs is 1. The molecule has 0 fully saturated rings. The average Bonchev–Trinajstić information content (AvgIpc) is 2.31. The maximum Gasteiger partial charge on any atom is 0.336 e. The molecule has 1 aromatic carbocycles. The van der Waals surface area contributed by atoms with Gasteiger partial charge in [-0.3, -0.25) is 4.79 Å². The third-order valence-electron chi connectivity index (χ3n) is 2.80. The van der Waals surface area contributed by atoms with Crippen molar-refractivity contribution in [2.45, 2.75) is 20.4 Å². The topological polar surface area (TPSA) is 59.3 Å². The number of nitrogens with zero attached hydrogens (tertiary/aromatic N) is 1. The largest absolute Gasteiger partial charge is 0.478 e. The molecule has 0 aliphatic rings. The maximum absolute atomic E-state index is 12.0. The van der Waals surface area contributed by atoms with Gasteiger partial charge in [0.2, 0.25) is 0 Å². The van der Waals surface area contributed by atoms with Gasteiger partial charge >= 0.3 is 5.97 Å². The first-order chi connectivity index (χ1) is 8.50. The Bertz CT molecular complexity index is 656. The summed E-state index contributed by atoms with van der Waals surface area (Å²) in [4.78, 5) is 23.1. The molecule has 0 aliphatic carbocycles. The summed E-state index contributed by atoms with van der Waals surface area (Å²) >= 11 is 0. The Kier molecular flexibility index (Phi) is 3.19. The van der Waals surface area contributed by atoms with E-state index in [1.54, 1.807) is 22.8 Å². The van der Waals surface area contributed by atoms with Gasteiger partial charge in [-0.15, -0.1) is 0 Å². The molecule has 0 saturated heterocycles. The van der Waals surface area contributed by atoms with E-state index in [1.165, 1.54) is 6.07 Å². The minimum absolute atomic E-state index is 0.0654. The van der Waals surface area contributed by atoms with Gasteiger partial charge in [-0.25, -0.2) is 4.79 Å². The molecule has 1 heterocycles. The molecule has 0 unspecified atom stereocenters. The van der Waals surface area contributed by atoms with Crippen molar-refractivity contribution < 1.29 is 9.90 Å². The molecule has 94 valence electrons. The summed E-state index contributed by atoms with van der Waals surface area (Å²) in [5, 5.41) is 9.73. The zero-order chi connectivity index (χ0) is 13.3. The van der Waals surface area contributed by atoms with Crippen molar-refractivity contribution in [3.05, 3.63) is 46.2 Å². The molecule has 0 radical (unpaired) electrons. The van der Waals surface area contributed by atoms with Gasteiger partial charge < -0.3 is 9.67 Å². The predicted molar refractivity (Wildman–Crippen MR) is 70.0 cm³/mol. The van der Waals surface area contributed by atoms with Crippen LogP contribution in [0.4, 0.5) is 0 Å². The van der Waals surface area contributed by atoms with Gasteiger partial charge in [-0.05, 0) is 12.0 Å². The highest BCUT2D eigenvalue weighted by molar-refractivity contribution is 6.02. The van der Waals surface area contributed by atoms with Crippen LogP contribution in [-0.4, -0.2) is 15.6 Å². The number of carbonyl (C=O) groups is 1. The number of carboxylic acid groups (broad SMARTS) is 1. The highest BCUT2D eigenvalue weighted by atomic mass is 16.4. The van der Waals surface area contributed by atoms with Gasteiger partial charge in [0.05, 0.1) is 11.1 Å². The number of carboxylic acids is 1. The fourth-order valence-electron chi connectivity index (χ4n) is 2.07. The Labute approximate surface area is 104 Å². The van der Waals surface area contributed by atoms with Gasteiger partial charge in [0, 0.05) is 18.0 Å². The lowest BCUT2D eigenvalue weighted by molar-refractivity contribution is 0.0698. The average molecular weight is 245 g/mol. The Morgan fingerprint density at radius 2 is 2.00 bits per heavy atom. The van der Waals surface area contributed by atoms with E-state index in [1.807, 2.05) is 19.9 Å². The Morgan fingerprint density at radius 1 is 1.33 bits per heavy atom. The van der Waals surface area contributed by atoms with E-state index in [0.717, 1.165) is 0 Å². The number of pyridine rings is 1. The molecule has 0 bridgehead atoms. The van der Waals surface area contributed by atoms with E-state index < -0.39 is 5.97 Å². The fraction of sp³-hybridized carbons (Fsp3) is 0.286. The van der Waals surface area contributed by atoms with Crippen molar-refractivity contribution in [2.75, 3.05) is 0 Å². The minimum Gasteiger partial charge on any atom is -0.478 e. The number of hydrogen-bond donors (Lipinski definition) is 1. The fourth-order valence-corrected chi connectivity index (χ4v) is 2.07. The van der Waals surface area contributed by atoms with Crippen LogP contribution in [0.25, 0.3) is 10.9 Å². The van der Waals surface area contributed by atoms with Crippen LogP contribution in [0, 0.1) is 5.92 Å². The van der Waals surface area contributed by atoms with Crippen molar-refractivity contribution >= 4 is 16.9 Å². The zero-order valence-electron chi connectivity index (χ0n) is 10.4. The summed E-state index contributed by atoms with van der Waals surface area (Å²) < 4.78 is 1.63. The molecule has 4 nitrogen and oxygen atoms in total. The SMILES string of the molecule is CC(C)Cn1c(=O)cc(C(=O)O)c2ccccc21. The highest BCUT2D eigenvalue weighted by Gasteiger charge is 2.13. The van der Waals surface area contributed by atoms with Crippen molar-refractivity contribution in [1.82, 2.24) is 4.57 Å². The molecule has 0 saturated carbocycles. The number of rotatable bonds is 3. The Hall–Kier alpha value is -2.10. The molecule has 2 rings (SSSR count). The molecular weight excluding hydrogens is 230 g/mol. The van der Waals surface area contributed by atoms with Crippen molar-refractivity contribution in [3.63, 3.8) is 0 Å². The van der Waals surface area contributed by atoms with Crippen LogP contribution in [0.15, 0.2) is 35.1 Å². The van der Waals surface area contributed by atoms with Crippen molar-refractivity contribution in [1.29, 1.82) is 0 Å². The van der Waals surface area contributed by atoms with Crippen LogP contribution in [0.1, 0.15) is 24.2 Å². The van der Waals surface area contributed by atoms with Crippen LogP contribution >= 0.6 is 0 Å². The van der Waals surface area contributed by atoms with E-state index in [2.05, 4.69) is 0 Å². The number of para-hydroxylation sites is 1. The second-order valence-electron chi connectivity index (χ2n) is 4.72. The summed E-state index contributed by atoms with van der Waals surface area (Å²) in [5.74, 6) is -0.748. The molecular formula is C14H15NO3. The first-order valence-corrected chi connectivity index (χ1v) is 5.86. The quantitative estimate of drug-likeness (QED) is 0.903. The molecule has 0 aliphatic heterocycles. The standard InChI is InChI=1S/C14H15NO3/c1-9(2)8-15-12-6-4-3-5-10(12)11(14(17)18)7-13(15)16/h3-7,9H,8H2,1-2H3,(H,17,18). The third kappa shape index (κ3) is 2.14. The third-order valence-corrected chi connectivity index (χ3v) is 2.80. The smallest absolute Gasteiger partial charge is 0.336 e. The van der Waals surface area contributed by atoms with Gasteiger partial charge in [0.1, 0.15) is 0 Å². The highest BCUT2D eigenvalue weighted by Crippen LogP contribution is 2.17. The van der Waals surface area contributed by atoms with Crippen molar-refractivity contribution in [3.8, 4) is 0 Å². The minimum atomic E-state index is -1.07. The lowest BCUT2D eigenvalue weighted by Gasteiger charge is -2.13. The van der Waals surface area contributed by atoms with E-state index in [-0.39, 0.29) is 11.1 Å². The molecule has 0 amide bonds. The normalized spacial score (nSPS) is 11.1. The zero-order valence-corrected chi connectivity index (χ0v) is 10.4. The molecule has 18 heavy (non-hydrogen) atoms. The lowest BCUT2D eigenvalue weighted by Crippen LogP contribution is -2.24. The van der Waals surface area contributed by atoms with Crippen LogP contribution in [0.5, 0.6) is 0 Å². The number of hydrogen-bond acceptors (Lipinski definition) is 2. The molecule has 0 atom stereocenters. The summed E-state index contributed by atoms with van der Waals surface area (Å²) in [7, 11) is 0.